The predicted octanol–water partition coefficient (Wildman–Crippen LogP) is 3.39. The first-order valence-corrected chi connectivity index (χ1v) is 8.57. The fourth-order valence-electron chi connectivity index (χ4n) is 3.06. The number of benzene rings is 2. The Labute approximate surface area is 148 Å². The number of nitrogens with one attached hydrogen (secondary N) is 2. The number of anilines is 1. The lowest BCUT2D eigenvalue weighted by atomic mass is 10.1. The molecule has 0 heterocycles. The van der Waals surface area contributed by atoms with Crippen LogP contribution in [0.15, 0.2) is 48.5 Å². The molecule has 1 aliphatic carbocycles. The Morgan fingerprint density at radius 2 is 2.04 bits per heavy atom. The van der Waals surface area contributed by atoms with Crippen molar-refractivity contribution >= 4 is 11.7 Å². The minimum absolute atomic E-state index is 0.156. The van der Waals surface area contributed by atoms with Crippen LogP contribution in [0.2, 0.25) is 0 Å². The number of rotatable bonds is 5. The first-order valence-electron chi connectivity index (χ1n) is 8.57. The minimum Gasteiger partial charge on any atom is -0.390 e. The van der Waals surface area contributed by atoms with Crippen molar-refractivity contribution in [2.75, 3.05) is 5.32 Å². The van der Waals surface area contributed by atoms with Crippen molar-refractivity contribution in [1.82, 2.24) is 5.32 Å². The molecule has 132 valence electrons. The van der Waals surface area contributed by atoms with Gasteiger partial charge in [-0.25, -0.2) is 4.79 Å². The molecule has 0 spiro atoms. The van der Waals surface area contributed by atoms with E-state index in [1.165, 1.54) is 0 Å². The molecule has 2 atom stereocenters. The summed E-state index contributed by atoms with van der Waals surface area (Å²) in [4.78, 5) is 12.3. The molecule has 25 heavy (non-hydrogen) atoms. The molecule has 0 fully saturated rings. The van der Waals surface area contributed by atoms with E-state index in [4.69, 9.17) is 4.74 Å². The van der Waals surface area contributed by atoms with Crippen LogP contribution >= 0.6 is 0 Å². The number of fused-ring (bicyclic) bond motifs is 1. The van der Waals surface area contributed by atoms with Gasteiger partial charge in [0.25, 0.3) is 0 Å². The lowest BCUT2D eigenvalue weighted by Gasteiger charge is -2.18. The normalized spacial score (nSPS) is 18.9. The van der Waals surface area contributed by atoms with Crippen LogP contribution in [-0.4, -0.2) is 23.3 Å². The second kappa shape index (κ2) is 7.68. The second-order valence-corrected chi connectivity index (χ2v) is 6.61. The number of hydrogen-bond donors (Lipinski definition) is 3. The molecule has 5 nitrogen and oxygen atoms in total. The van der Waals surface area contributed by atoms with Crippen LogP contribution in [0.1, 0.15) is 36.6 Å². The van der Waals surface area contributed by atoms with Gasteiger partial charge in [0.1, 0.15) is 0 Å². The Balaban J connectivity index is 1.62. The van der Waals surface area contributed by atoms with Gasteiger partial charge in [-0.3, -0.25) is 0 Å². The first kappa shape index (κ1) is 17.5. The van der Waals surface area contributed by atoms with Gasteiger partial charge in [0.2, 0.25) is 0 Å². The number of aliphatic hydroxyl groups is 1. The molecule has 2 aromatic rings. The number of ether oxygens (including phenoxy) is 1. The number of carbonyl (C=O) groups excluding carboxylic acids is 1. The number of amides is 2. The Kier molecular flexibility index (Phi) is 5.36. The fraction of sp³-hybridized carbons (Fsp3) is 0.350. The van der Waals surface area contributed by atoms with E-state index in [2.05, 4.69) is 10.6 Å². The predicted molar refractivity (Wildman–Crippen MR) is 97.4 cm³/mol. The topological polar surface area (TPSA) is 70.6 Å². The quantitative estimate of drug-likeness (QED) is 0.781. The monoisotopic (exact) mass is 340 g/mol. The Morgan fingerprint density at radius 3 is 2.84 bits per heavy atom. The van der Waals surface area contributed by atoms with Crippen molar-refractivity contribution in [3.63, 3.8) is 0 Å². The summed E-state index contributed by atoms with van der Waals surface area (Å²) in [6.07, 6.45) is 0.112. The molecule has 0 aromatic heterocycles. The smallest absolute Gasteiger partial charge is 0.319 e. The van der Waals surface area contributed by atoms with Crippen LogP contribution in [0, 0.1) is 0 Å². The summed E-state index contributed by atoms with van der Waals surface area (Å²) in [7, 11) is 0. The summed E-state index contributed by atoms with van der Waals surface area (Å²) in [5.41, 5.74) is 3.75. The largest absolute Gasteiger partial charge is 0.390 e. The molecule has 3 rings (SSSR count). The fourth-order valence-corrected chi connectivity index (χ4v) is 3.06. The summed E-state index contributed by atoms with van der Waals surface area (Å²) in [6.45, 7) is 4.48. The van der Waals surface area contributed by atoms with E-state index in [0.717, 1.165) is 16.7 Å². The summed E-state index contributed by atoms with van der Waals surface area (Å²) < 4.78 is 5.59. The SMILES string of the molecule is CC(C)OCc1cccc(NC(=O)N[C@H]2c3ccccc3C[C@H]2O)c1. The molecule has 3 N–H and O–H groups in total. The van der Waals surface area contributed by atoms with Crippen LogP contribution in [0.4, 0.5) is 10.5 Å². The number of aliphatic hydroxyl groups excluding tert-OH is 1. The average Bonchev–Trinajstić information content (AvgIpc) is 2.89. The molecular weight excluding hydrogens is 316 g/mol. The van der Waals surface area contributed by atoms with Crippen molar-refractivity contribution < 1.29 is 14.6 Å². The van der Waals surface area contributed by atoms with Gasteiger partial charge >= 0.3 is 6.03 Å². The van der Waals surface area contributed by atoms with E-state index in [1.54, 1.807) is 0 Å². The van der Waals surface area contributed by atoms with Crippen molar-refractivity contribution in [2.45, 2.75) is 45.1 Å². The molecule has 0 bridgehead atoms. The van der Waals surface area contributed by atoms with Gasteiger partial charge < -0.3 is 20.5 Å². The van der Waals surface area contributed by atoms with Gasteiger partial charge in [0.05, 0.1) is 24.9 Å². The highest BCUT2D eigenvalue weighted by molar-refractivity contribution is 5.89. The maximum Gasteiger partial charge on any atom is 0.319 e. The van der Waals surface area contributed by atoms with Gasteiger partial charge in [-0.1, -0.05) is 36.4 Å². The zero-order chi connectivity index (χ0) is 17.8. The molecule has 0 aliphatic heterocycles. The van der Waals surface area contributed by atoms with Crippen molar-refractivity contribution in [2.24, 2.45) is 0 Å². The second-order valence-electron chi connectivity index (χ2n) is 6.61. The summed E-state index contributed by atoms with van der Waals surface area (Å²) in [5, 5.41) is 15.9. The average molecular weight is 340 g/mol. The van der Waals surface area contributed by atoms with Crippen LogP contribution in [0.3, 0.4) is 0 Å². The van der Waals surface area contributed by atoms with E-state index in [9.17, 15) is 9.90 Å². The summed E-state index contributed by atoms with van der Waals surface area (Å²) >= 11 is 0. The third kappa shape index (κ3) is 4.38. The Hall–Kier alpha value is -2.37. The highest BCUT2D eigenvalue weighted by Crippen LogP contribution is 2.31. The summed E-state index contributed by atoms with van der Waals surface area (Å²) in [5.74, 6) is 0. The first-order chi connectivity index (χ1) is 12.0. The van der Waals surface area contributed by atoms with Gasteiger partial charge in [-0.05, 0) is 42.7 Å². The molecule has 2 aromatic carbocycles. The molecule has 0 saturated heterocycles. The van der Waals surface area contributed by atoms with E-state index in [1.807, 2.05) is 62.4 Å². The maximum atomic E-state index is 12.3. The molecule has 0 unspecified atom stereocenters. The Bertz CT molecular complexity index is 745. The number of hydrogen-bond acceptors (Lipinski definition) is 3. The van der Waals surface area contributed by atoms with Gasteiger partial charge in [0.15, 0.2) is 0 Å². The van der Waals surface area contributed by atoms with Gasteiger partial charge in [0, 0.05) is 12.1 Å². The van der Waals surface area contributed by atoms with Gasteiger partial charge in [-0.15, -0.1) is 0 Å². The standard InChI is InChI=1S/C20H24N2O3/c1-13(2)25-12-14-6-5-8-16(10-14)21-20(24)22-19-17-9-4-3-7-15(17)11-18(19)23/h3-10,13,18-19,23H,11-12H2,1-2H3,(H2,21,22,24)/t18-,19+/m1/s1. The van der Waals surface area contributed by atoms with Crippen molar-refractivity contribution in [3.05, 3.63) is 65.2 Å². The molecule has 0 saturated carbocycles. The lowest BCUT2D eigenvalue weighted by molar-refractivity contribution is 0.0657. The van der Waals surface area contributed by atoms with E-state index < -0.39 is 6.10 Å². The zero-order valence-electron chi connectivity index (χ0n) is 14.5. The van der Waals surface area contributed by atoms with E-state index in [0.29, 0.717) is 18.7 Å². The van der Waals surface area contributed by atoms with Gasteiger partial charge in [-0.2, -0.15) is 0 Å². The lowest BCUT2D eigenvalue weighted by Crippen LogP contribution is -2.36. The van der Waals surface area contributed by atoms with E-state index in [-0.39, 0.29) is 18.2 Å². The van der Waals surface area contributed by atoms with Crippen molar-refractivity contribution in [1.29, 1.82) is 0 Å². The highest BCUT2D eigenvalue weighted by atomic mass is 16.5. The van der Waals surface area contributed by atoms with Crippen LogP contribution in [0.5, 0.6) is 0 Å². The van der Waals surface area contributed by atoms with Crippen LogP contribution in [-0.2, 0) is 17.8 Å². The van der Waals surface area contributed by atoms with E-state index >= 15 is 0 Å². The Morgan fingerprint density at radius 1 is 1.24 bits per heavy atom. The third-order valence-corrected chi connectivity index (χ3v) is 4.26. The number of carbonyl (C=O) groups is 1. The number of urea groups is 1. The molecule has 2 amide bonds. The molecule has 0 radical (unpaired) electrons. The van der Waals surface area contributed by atoms with Crippen molar-refractivity contribution in [3.8, 4) is 0 Å². The molecular formula is C20H24N2O3. The third-order valence-electron chi connectivity index (χ3n) is 4.26. The van der Waals surface area contributed by atoms with Crippen LogP contribution < -0.4 is 10.6 Å². The maximum absolute atomic E-state index is 12.3. The minimum atomic E-state index is -0.603. The molecule has 1 aliphatic rings. The highest BCUT2D eigenvalue weighted by Gasteiger charge is 2.31. The zero-order valence-corrected chi connectivity index (χ0v) is 14.5. The molecule has 5 heteroatoms. The van der Waals surface area contributed by atoms with Crippen LogP contribution in [0.25, 0.3) is 0 Å². The summed E-state index contributed by atoms with van der Waals surface area (Å²) in [6, 6.07) is 14.6.